The molecule has 0 fully saturated rings. The fourth-order valence-electron chi connectivity index (χ4n) is 3.07. The van der Waals surface area contributed by atoms with E-state index in [4.69, 9.17) is 9.47 Å². The summed E-state index contributed by atoms with van der Waals surface area (Å²) in [6, 6.07) is 11.8. The molecule has 0 aromatic heterocycles. The van der Waals surface area contributed by atoms with Crippen LogP contribution in [0.3, 0.4) is 0 Å². The minimum absolute atomic E-state index is 0.0172. The zero-order chi connectivity index (χ0) is 19.8. The van der Waals surface area contributed by atoms with Crippen LogP contribution in [0.1, 0.15) is 23.6 Å². The maximum atomic E-state index is 12.4. The van der Waals surface area contributed by atoms with Gasteiger partial charge in [-0.3, -0.25) is 4.79 Å². The lowest BCUT2D eigenvalue weighted by Crippen LogP contribution is -3.10. The standard InChI is InChI=1S/C22H30N2O3/c1-6-26-19-7-9-20(10-8-19)27-12-11-24(5)15-21(25)23-22-17(3)13-16(2)14-18(22)4/h7-10,13-14H,6,11-12,15H2,1-5H3,(H,23,25)/p+1. The topological polar surface area (TPSA) is 52.0 Å². The molecule has 2 aromatic carbocycles. The highest BCUT2D eigenvalue weighted by Gasteiger charge is 2.13. The second-order valence-electron chi connectivity index (χ2n) is 6.96. The van der Waals surface area contributed by atoms with Crippen LogP contribution in [0.15, 0.2) is 36.4 Å². The molecule has 1 unspecified atom stereocenters. The van der Waals surface area contributed by atoms with Crippen LogP contribution < -0.4 is 19.7 Å². The van der Waals surface area contributed by atoms with Crippen LogP contribution in [-0.4, -0.2) is 39.3 Å². The van der Waals surface area contributed by atoms with E-state index in [9.17, 15) is 4.79 Å². The van der Waals surface area contributed by atoms with Gasteiger partial charge < -0.3 is 19.7 Å². The molecule has 146 valence electrons. The van der Waals surface area contributed by atoms with E-state index in [0.29, 0.717) is 19.8 Å². The maximum absolute atomic E-state index is 12.4. The first-order valence-corrected chi connectivity index (χ1v) is 9.43. The van der Waals surface area contributed by atoms with Gasteiger partial charge in [0.2, 0.25) is 0 Å². The first-order valence-electron chi connectivity index (χ1n) is 9.43. The number of hydrogen-bond acceptors (Lipinski definition) is 3. The van der Waals surface area contributed by atoms with Crippen LogP contribution in [0.4, 0.5) is 5.69 Å². The average molecular weight is 372 g/mol. The van der Waals surface area contributed by atoms with Crippen molar-refractivity contribution in [2.24, 2.45) is 0 Å². The molecular weight excluding hydrogens is 340 g/mol. The Morgan fingerprint density at radius 3 is 2.11 bits per heavy atom. The van der Waals surface area contributed by atoms with Crippen LogP contribution in [0.25, 0.3) is 0 Å². The van der Waals surface area contributed by atoms with E-state index in [2.05, 4.69) is 24.4 Å². The summed E-state index contributed by atoms with van der Waals surface area (Å²) in [4.78, 5) is 13.5. The molecule has 0 bridgehead atoms. The molecule has 0 saturated heterocycles. The molecule has 1 atom stereocenters. The normalized spacial score (nSPS) is 11.7. The van der Waals surface area contributed by atoms with Gasteiger partial charge in [0, 0.05) is 5.69 Å². The summed E-state index contributed by atoms with van der Waals surface area (Å²) in [7, 11) is 2.00. The number of benzene rings is 2. The van der Waals surface area contributed by atoms with Gasteiger partial charge in [0.25, 0.3) is 5.91 Å². The van der Waals surface area contributed by atoms with E-state index >= 15 is 0 Å². The lowest BCUT2D eigenvalue weighted by molar-refractivity contribution is -0.871. The van der Waals surface area contributed by atoms with Crippen LogP contribution in [-0.2, 0) is 4.79 Å². The number of carbonyl (C=O) groups is 1. The van der Waals surface area contributed by atoms with Crippen molar-refractivity contribution < 1.29 is 19.2 Å². The van der Waals surface area contributed by atoms with E-state index in [0.717, 1.165) is 39.8 Å². The minimum atomic E-state index is 0.0172. The molecule has 0 saturated carbocycles. The van der Waals surface area contributed by atoms with Crippen LogP contribution >= 0.6 is 0 Å². The van der Waals surface area contributed by atoms with Gasteiger partial charge in [0.15, 0.2) is 6.54 Å². The fraction of sp³-hybridized carbons (Fsp3) is 0.409. The van der Waals surface area contributed by atoms with Crippen molar-refractivity contribution in [3.8, 4) is 11.5 Å². The van der Waals surface area contributed by atoms with Gasteiger partial charge in [-0.2, -0.15) is 0 Å². The van der Waals surface area contributed by atoms with Crippen molar-refractivity contribution in [3.05, 3.63) is 53.1 Å². The molecule has 0 radical (unpaired) electrons. The number of quaternary nitrogens is 1. The molecule has 0 heterocycles. The van der Waals surface area contributed by atoms with E-state index in [1.807, 2.05) is 52.1 Å². The number of hydrogen-bond donors (Lipinski definition) is 2. The number of anilines is 1. The Balaban J connectivity index is 1.76. The molecule has 0 aliphatic heterocycles. The number of amides is 1. The molecule has 27 heavy (non-hydrogen) atoms. The highest BCUT2D eigenvalue weighted by Crippen LogP contribution is 2.21. The van der Waals surface area contributed by atoms with Crippen molar-refractivity contribution in [2.45, 2.75) is 27.7 Å². The lowest BCUT2D eigenvalue weighted by atomic mass is 10.1. The third-order valence-corrected chi connectivity index (χ3v) is 4.34. The molecule has 5 nitrogen and oxygen atoms in total. The van der Waals surface area contributed by atoms with Crippen molar-refractivity contribution in [1.29, 1.82) is 0 Å². The van der Waals surface area contributed by atoms with Gasteiger partial charge in [0.05, 0.1) is 13.7 Å². The second kappa shape index (κ2) is 9.97. The first-order chi connectivity index (χ1) is 12.9. The minimum Gasteiger partial charge on any atom is -0.494 e. The maximum Gasteiger partial charge on any atom is 0.279 e. The number of aryl methyl sites for hydroxylation is 3. The quantitative estimate of drug-likeness (QED) is 0.712. The predicted molar refractivity (Wildman–Crippen MR) is 109 cm³/mol. The van der Waals surface area contributed by atoms with E-state index in [1.54, 1.807) is 0 Å². The molecule has 0 aliphatic carbocycles. The Morgan fingerprint density at radius 1 is 1.00 bits per heavy atom. The molecular formula is C22H31N2O3+. The molecule has 2 N–H and O–H groups in total. The summed E-state index contributed by atoms with van der Waals surface area (Å²) >= 11 is 0. The summed E-state index contributed by atoms with van der Waals surface area (Å²) in [6.07, 6.45) is 0. The fourth-order valence-corrected chi connectivity index (χ4v) is 3.07. The Hall–Kier alpha value is -2.53. The lowest BCUT2D eigenvalue weighted by Gasteiger charge is -2.16. The number of nitrogens with one attached hydrogen (secondary N) is 2. The van der Waals surface area contributed by atoms with Gasteiger partial charge in [-0.05, 0) is 63.1 Å². The number of likely N-dealkylation sites (N-methyl/N-ethyl adjacent to an activating group) is 1. The molecule has 2 rings (SSSR count). The van der Waals surface area contributed by atoms with Crippen LogP contribution in [0, 0.1) is 20.8 Å². The molecule has 0 aliphatic rings. The zero-order valence-electron chi connectivity index (χ0n) is 17.0. The van der Waals surface area contributed by atoms with Gasteiger partial charge in [-0.25, -0.2) is 0 Å². The second-order valence-corrected chi connectivity index (χ2v) is 6.96. The summed E-state index contributed by atoms with van der Waals surface area (Å²) in [5.74, 6) is 1.66. The summed E-state index contributed by atoms with van der Waals surface area (Å²) in [6.45, 7) is 10.4. The van der Waals surface area contributed by atoms with Crippen molar-refractivity contribution in [1.82, 2.24) is 0 Å². The third-order valence-electron chi connectivity index (χ3n) is 4.34. The predicted octanol–water partition coefficient (Wildman–Crippen LogP) is 2.54. The molecule has 0 spiro atoms. The largest absolute Gasteiger partial charge is 0.494 e. The summed E-state index contributed by atoms with van der Waals surface area (Å²) in [5, 5.41) is 3.05. The van der Waals surface area contributed by atoms with Gasteiger partial charge in [-0.1, -0.05) is 17.7 Å². The van der Waals surface area contributed by atoms with E-state index < -0.39 is 0 Å². The first kappa shape index (κ1) is 20.8. The zero-order valence-corrected chi connectivity index (χ0v) is 17.0. The van der Waals surface area contributed by atoms with Gasteiger partial charge in [-0.15, -0.1) is 0 Å². The smallest absolute Gasteiger partial charge is 0.279 e. The van der Waals surface area contributed by atoms with Gasteiger partial charge in [0.1, 0.15) is 24.7 Å². The van der Waals surface area contributed by atoms with Gasteiger partial charge >= 0.3 is 0 Å². The number of carbonyl (C=O) groups excluding carboxylic acids is 1. The Labute approximate surface area is 162 Å². The Morgan fingerprint density at radius 2 is 1.56 bits per heavy atom. The summed E-state index contributed by atoms with van der Waals surface area (Å²) in [5.41, 5.74) is 4.32. The molecule has 1 amide bonds. The SMILES string of the molecule is CCOc1ccc(OCC[NH+](C)CC(=O)Nc2c(C)cc(C)cc2C)cc1. The highest BCUT2D eigenvalue weighted by molar-refractivity contribution is 5.93. The number of ether oxygens (including phenoxy) is 2. The van der Waals surface area contributed by atoms with Crippen molar-refractivity contribution in [3.63, 3.8) is 0 Å². The third kappa shape index (κ3) is 6.61. The highest BCUT2D eigenvalue weighted by atomic mass is 16.5. The molecule has 5 heteroatoms. The summed E-state index contributed by atoms with van der Waals surface area (Å²) < 4.78 is 11.2. The Bertz CT molecular complexity index is 734. The molecule has 2 aromatic rings. The van der Waals surface area contributed by atoms with Crippen molar-refractivity contribution in [2.75, 3.05) is 38.7 Å². The van der Waals surface area contributed by atoms with E-state index in [-0.39, 0.29) is 5.91 Å². The van der Waals surface area contributed by atoms with Crippen LogP contribution in [0.2, 0.25) is 0 Å². The monoisotopic (exact) mass is 371 g/mol. The number of rotatable bonds is 9. The van der Waals surface area contributed by atoms with E-state index in [1.165, 1.54) is 5.56 Å². The van der Waals surface area contributed by atoms with Crippen LogP contribution in [0.5, 0.6) is 11.5 Å². The average Bonchev–Trinajstić information content (AvgIpc) is 2.60. The Kier molecular flexibility index (Phi) is 7.67. The van der Waals surface area contributed by atoms with Crippen molar-refractivity contribution >= 4 is 11.6 Å².